The van der Waals surface area contributed by atoms with Gasteiger partial charge in [-0.2, -0.15) is 5.26 Å². The van der Waals surface area contributed by atoms with Gasteiger partial charge in [0.2, 0.25) is 0 Å². The number of hydrogen-bond acceptors (Lipinski definition) is 4. The number of nitriles is 1. The first-order valence-electron chi connectivity index (χ1n) is 6.18. The van der Waals surface area contributed by atoms with Crippen LogP contribution in [0.3, 0.4) is 0 Å². The number of benzene rings is 1. The molecule has 0 saturated carbocycles. The number of non-ortho nitro benzene ring substituents is 1. The fraction of sp³-hybridized carbons (Fsp3) is 0.462. The van der Waals surface area contributed by atoms with E-state index in [9.17, 15) is 10.1 Å². The van der Waals surface area contributed by atoms with E-state index in [1.807, 2.05) is 0 Å². The molecule has 1 heterocycles. The molecule has 19 heavy (non-hydrogen) atoms. The summed E-state index contributed by atoms with van der Waals surface area (Å²) in [6, 6.07) is 7.06. The Hall–Kier alpha value is -1.45. The Morgan fingerprint density at radius 3 is 2.95 bits per heavy atom. The van der Waals surface area contributed by atoms with E-state index in [-0.39, 0.29) is 11.7 Å². The molecule has 1 aromatic rings. The topological polar surface area (TPSA) is 70.2 Å². The zero-order valence-electron chi connectivity index (χ0n) is 10.4. The van der Waals surface area contributed by atoms with Crippen LogP contribution in [0.2, 0.25) is 0 Å². The fourth-order valence-corrected chi connectivity index (χ4v) is 2.82. The molecule has 0 amide bonds. The molecule has 1 aromatic carbocycles. The zero-order valence-corrected chi connectivity index (χ0v) is 12.0. The van der Waals surface area contributed by atoms with Crippen molar-refractivity contribution in [1.82, 2.24) is 4.90 Å². The molecule has 6 heteroatoms. The molecule has 0 aliphatic carbocycles. The summed E-state index contributed by atoms with van der Waals surface area (Å²) in [5.74, 6) is 0. The Morgan fingerprint density at radius 1 is 1.53 bits per heavy atom. The fourth-order valence-electron chi connectivity index (χ4n) is 2.32. The Balaban J connectivity index is 2.14. The molecule has 1 aliphatic rings. The number of likely N-dealkylation sites (tertiary alicyclic amines) is 1. The second-order valence-electron chi connectivity index (χ2n) is 4.64. The van der Waals surface area contributed by atoms with Crippen LogP contribution in [0.25, 0.3) is 0 Å². The lowest BCUT2D eigenvalue weighted by Gasteiger charge is -2.31. The normalized spacial score (nSPS) is 19.9. The Kier molecular flexibility index (Phi) is 4.51. The van der Waals surface area contributed by atoms with Gasteiger partial charge in [-0.1, -0.05) is 15.9 Å². The molecular weight excluding hydrogens is 310 g/mol. The third kappa shape index (κ3) is 3.31. The Labute approximate surface area is 120 Å². The predicted octanol–water partition coefficient (Wildman–Crippen LogP) is 3.24. The lowest BCUT2D eigenvalue weighted by Crippen LogP contribution is -2.37. The summed E-state index contributed by atoms with van der Waals surface area (Å²) in [6.07, 6.45) is 3.10. The van der Waals surface area contributed by atoms with Crippen LogP contribution < -0.4 is 0 Å². The molecule has 100 valence electrons. The molecule has 0 aromatic heterocycles. The van der Waals surface area contributed by atoms with E-state index in [1.165, 1.54) is 12.1 Å². The van der Waals surface area contributed by atoms with E-state index in [0.29, 0.717) is 6.54 Å². The van der Waals surface area contributed by atoms with Gasteiger partial charge in [-0.05, 0) is 37.4 Å². The summed E-state index contributed by atoms with van der Waals surface area (Å²) in [6.45, 7) is 1.55. The van der Waals surface area contributed by atoms with Crippen molar-refractivity contribution in [1.29, 1.82) is 5.26 Å². The van der Waals surface area contributed by atoms with Crippen molar-refractivity contribution in [2.45, 2.75) is 31.8 Å². The van der Waals surface area contributed by atoms with Crippen LogP contribution >= 0.6 is 15.9 Å². The van der Waals surface area contributed by atoms with Crippen LogP contribution in [0.4, 0.5) is 5.69 Å². The molecular formula is C13H14BrN3O2. The molecule has 0 N–H and O–H groups in total. The average molecular weight is 324 g/mol. The molecule has 1 fully saturated rings. The number of halogens is 1. The number of nitro benzene ring substituents is 1. The van der Waals surface area contributed by atoms with E-state index < -0.39 is 4.92 Å². The minimum atomic E-state index is -0.409. The lowest BCUT2D eigenvalue weighted by atomic mass is 10.0. The van der Waals surface area contributed by atoms with Crippen molar-refractivity contribution in [2.24, 2.45) is 0 Å². The lowest BCUT2D eigenvalue weighted by molar-refractivity contribution is -0.384. The summed E-state index contributed by atoms with van der Waals surface area (Å²) in [5, 5.41) is 19.8. The van der Waals surface area contributed by atoms with Crippen LogP contribution in [-0.4, -0.2) is 22.4 Å². The average Bonchev–Trinajstić information content (AvgIpc) is 2.41. The van der Waals surface area contributed by atoms with E-state index in [1.54, 1.807) is 6.07 Å². The molecule has 1 unspecified atom stereocenters. The molecule has 1 saturated heterocycles. The summed E-state index contributed by atoms with van der Waals surface area (Å²) in [4.78, 5) is 12.4. The minimum Gasteiger partial charge on any atom is -0.284 e. The highest BCUT2D eigenvalue weighted by atomic mass is 79.9. The number of hydrogen-bond donors (Lipinski definition) is 0. The highest BCUT2D eigenvalue weighted by molar-refractivity contribution is 9.10. The van der Waals surface area contributed by atoms with Crippen LogP contribution in [0.1, 0.15) is 24.8 Å². The molecule has 0 radical (unpaired) electrons. The van der Waals surface area contributed by atoms with Crippen LogP contribution in [0.5, 0.6) is 0 Å². The van der Waals surface area contributed by atoms with E-state index in [0.717, 1.165) is 35.8 Å². The van der Waals surface area contributed by atoms with Gasteiger partial charge >= 0.3 is 0 Å². The van der Waals surface area contributed by atoms with Gasteiger partial charge in [-0.3, -0.25) is 15.0 Å². The number of piperidine rings is 1. The van der Waals surface area contributed by atoms with Gasteiger partial charge in [0.1, 0.15) is 0 Å². The highest BCUT2D eigenvalue weighted by Crippen LogP contribution is 2.26. The largest absolute Gasteiger partial charge is 0.284 e. The molecule has 0 bridgehead atoms. The van der Waals surface area contributed by atoms with Gasteiger partial charge in [0.25, 0.3) is 5.69 Å². The second kappa shape index (κ2) is 6.13. The molecule has 2 rings (SSSR count). The summed E-state index contributed by atoms with van der Waals surface area (Å²) < 4.78 is 0.726. The van der Waals surface area contributed by atoms with Crippen molar-refractivity contribution in [3.8, 4) is 6.07 Å². The van der Waals surface area contributed by atoms with E-state index in [2.05, 4.69) is 26.9 Å². The first-order chi connectivity index (χ1) is 9.11. The second-order valence-corrected chi connectivity index (χ2v) is 5.50. The van der Waals surface area contributed by atoms with E-state index >= 15 is 0 Å². The maximum absolute atomic E-state index is 10.7. The Bertz CT molecular complexity index is 527. The smallest absolute Gasteiger partial charge is 0.270 e. The molecule has 1 atom stereocenters. The highest BCUT2D eigenvalue weighted by Gasteiger charge is 2.22. The predicted molar refractivity (Wildman–Crippen MR) is 74.5 cm³/mol. The van der Waals surface area contributed by atoms with Gasteiger partial charge in [0.05, 0.1) is 17.0 Å². The third-order valence-electron chi connectivity index (χ3n) is 3.38. The van der Waals surface area contributed by atoms with E-state index in [4.69, 9.17) is 5.26 Å². The quantitative estimate of drug-likeness (QED) is 0.632. The minimum absolute atomic E-state index is 0.0455. The number of nitrogens with zero attached hydrogens (tertiary/aromatic N) is 3. The molecule has 1 aliphatic heterocycles. The Morgan fingerprint density at radius 2 is 2.32 bits per heavy atom. The first-order valence-corrected chi connectivity index (χ1v) is 6.97. The maximum Gasteiger partial charge on any atom is 0.270 e. The maximum atomic E-state index is 10.7. The third-order valence-corrected chi connectivity index (χ3v) is 4.12. The standard InChI is InChI=1S/C13H14BrN3O2/c14-13-7-11(17(18)19)5-4-10(13)9-16-6-2-1-3-12(16)8-15/h4-5,7,12H,1-3,6,9H2. The molecule has 0 spiro atoms. The first kappa shape index (κ1) is 14.0. The summed E-state index contributed by atoms with van der Waals surface area (Å²) in [7, 11) is 0. The van der Waals surface area contributed by atoms with Crippen molar-refractivity contribution in [3.05, 3.63) is 38.3 Å². The van der Waals surface area contributed by atoms with Crippen LogP contribution in [-0.2, 0) is 6.54 Å². The van der Waals surface area contributed by atoms with Crippen molar-refractivity contribution in [2.75, 3.05) is 6.54 Å². The van der Waals surface area contributed by atoms with Gasteiger partial charge in [0, 0.05) is 23.2 Å². The van der Waals surface area contributed by atoms with Gasteiger partial charge in [-0.25, -0.2) is 0 Å². The van der Waals surface area contributed by atoms with Crippen LogP contribution in [0, 0.1) is 21.4 Å². The van der Waals surface area contributed by atoms with Crippen molar-refractivity contribution < 1.29 is 4.92 Å². The van der Waals surface area contributed by atoms with Gasteiger partial charge < -0.3 is 0 Å². The van der Waals surface area contributed by atoms with Crippen LogP contribution in [0.15, 0.2) is 22.7 Å². The number of nitro groups is 1. The number of rotatable bonds is 3. The monoisotopic (exact) mass is 323 g/mol. The zero-order chi connectivity index (χ0) is 13.8. The molecule has 5 nitrogen and oxygen atoms in total. The van der Waals surface area contributed by atoms with Crippen molar-refractivity contribution >= 4 is 21.6 Å². The van der Waals surface area contributed by atoms with Gasteiger partial charge in [-0.15, -0.1) is 0 Å². The van der Waals surface area contributed by atoms with Gasteiger partial charge in [0.15, 0.2) is 0 Å². The summed E-state index contributed by atoms with van der Waals surface area (Å²) >= 11 is 3.37. The van der Waals surface area contributed by atoms with Crippen molar-refractivity contribution in [3.63, 3.8) is 0 Å². The summed E-state index contributed by atoms with van der Waals surface area (Å²) in [5.41, 5.74) is 1.05. The SMILES string of the molecule is N#CC1CCCCN1Cc1ccc([N+](=O)[O-])cc1Br.